The molecule has 0 aromatic heterocycles. The van der Waals surface area contributed by atoms with Gasteiger partial charge in [0.1, 0.15) is 0 Å². The van der Waals surface area contributed by atoms with Gasteiger partial charge in [0.2, 0.25) is 5.96 Å². The number of nitro benzene ring substituents is 1. The molecule has 0 saturated carbocycles. The molecule has 0 spiro atoms. The average molecular weight is 322 g/mol. The highest BCUT2D eigenvalue weighted by atomic mass is 16.6. The van der Waals surface area contributed by atoms with Crippen LogP contribution in [0.5, 0.6) is 0 Å². The van der Waals surface area contributed by atoms with E-state index in [9.17, 15) is 14.9 Å². The van der Waals surface area contributed by atoms with Gasteiger partial charge in [0.05, 0.1) is 29.4 Å². The maximum absolute atomic E-state index is 12.6. The molecule has 120 valence electrons. The molecule has 2 heterocycles. The van der Waals surface area contributed by atoms with Gasteiger partial charge in [-0.2, -0.15) is 0 Å². The minimum absolute atomic E-state index is 0.0810. The zero-order valence-electron chi connectivity index (χ0n) is 12.8. The van der Waals surface area contributed by atoms with Crippen LogP contribution in [0.25, 0.3) is 0 Å². The Hall–Kier alpha value is -3.22. The number of nitrogens with zero attached hydrogens (tertiary/aromatic N) is 4. The number of non-ortho nitro benzene ring substituents is 1. The quantitative estimate of drug-likeness (QED) is 0.491. The molecule has 2 aliphatic rings. The van der Waals surface area contributed by atoms with Crippen LogP contribution in [0.2, 0.25) is 0 Å². The molecule has 0 saturated heterocycles. The van der Waals surface area contributed by atoms with E-state index < -0.39 is 4.92 Å². The summed E-state index contributed by atoms with van der Waals surface area (Å²) in [6.45, 7) is 1.60. The zero-order valence-corrected chi connectivity index (χ0v) is 12.8. The maximum Gasteiger partial charge on any atom is 0.270 e. The molecule has 24 heavy (non-hydrogen) atoms. The van der Waals surface area contributed by atoms with Crippen LogP contribution in [0.15, 0.2) is 53.5 Å². The van der Waals surface area contributed by atoms with Crippen molar-refractivity contribution in [2.24, 2.45) is 4.99 Å². The topological polar surface area (TPSA) is 79.0 Å². The van der Waals surface area contributed by atoms with Gasteiger partial charge in [0.15, 0.2) is 5.78 Å². The summed E-state index contributed by atoms with van der Waals surface area (Å²) in [5, 5.41) is 10.9. The maximum atomic E-state index is 12.6. The van der Waals surface area contributed by atoms with Crippen molar-refractivity contribution in [2.45, 2.75) is 0 Å². The first-order valence-electron chi connectivity index (χ1n) is 7.61. The van der Waals surface area contributed by atoms with Crippen molar-refractivity contribution in [1.82, 2.24) is 0 Å². The lowest BCUT2D eigenvalue weighted by molar-refractivity contribution is -0.384. The number of hydrogen-bond donors (Lipinski definition) is 0. The predicted molar refractivity (Wildman–Crippen MR) is 90.9 cm³/mol. The molecule has 0 radical (unpaired) electrons. The first kappa shape index (κ1) is 14.4. The molecule has 0 amide bonds. The summed E-state index contributed by atoms with van der Waals surface area (Å²) in [4.78, 5) is 31.5. The molecule has 2 aliphatic heterocycles. The minimum atomic E-state index is -0.495. The lowest BCUT2D eigenvalue weighted by Crippen LogP contribution is -2.38. The van der Waals surface area contributed by atoms with E-state index in [1.807, 2.05) is 29.2 Å². The van der Waals surface area contributed by atoms with Crippen molar-refractivity contribution in [3.05, 3.63) is 64.2 Å². The van der Waals surface area contributed by atoms with Gasteiger partial charge in [0, 0.05) is 24.2 Å². The Kier molecular flexibility index (Phi) is 3.26. The fourth-order valence-corrected chi connectivity index (χ4v) is 3.11. The van der Waals surface area contributed by atoms with Crippen molar-refractivity contribution >= 4 is 28.8 Å². The lowest BCUT2D eigenvalue weighted by Gasteiger charge is -2.18. The third kappa shape index (κ3) is 2.21. The number of para-hydroxylation sites is 2. The molecule has 0 aliphatic carbocycles. The number of anilines is 2. The van der Waals surface area contributed by atoms with E-state index in [-0.39, 0.29) is 18.0 Å². The Balaban J connectivity index is 1.64. The number of nitro groups is 1. The SMILES string of the molecule is O=C(CN1C2=NCCN2c2ccccc21)c1cccc([N+](=O)[O-])c1. The standard InChI is InChI=1S/C17H14N4O3/c22-16(12-4-3-5-13(10-12)21(23)24)11-20-15-7-2-1-6-14(15)19-9-8-18-17(19)20/h1-7,10H,8-9,11H2. The number of carbonyl (C=O) groups excluding carboxylic acids is 1. The Morgan fingerprint density at radius 2 is 1.96 bits per heavy atom. The number of Topliss-reactive ketones (excluding diaryl/α,β-unsaturated/α-hetero) is 1. The van der Waals surface area contributed by atoms with Crippen molar-refractivity contribution < 1.29 is 9.72 Å². The number of rotatable bonds is 4. The second-order valence-corrected chi connectivity index (χ2v) is 5.64. The number of carbonyl (C=O) groups is 1. The van der Waals surface area contributed by atoms with Crippen LogP contribution in [0.4, 0.5) is 17.1 Å². The highest BCUT2D eigenvalue weighted by Gasteiger charge is 2.36. The average Bonchev–Trinajstić information content (AvgIpc) is 3.18. The van der Waals surface area contributed by atoms with E-state index in [0.717, 1.165) is 23.9 Å². The lowest BCUT2D eigenvalue weighted by atomic mass is 10.1. The van der Waals surface area contributed by atoms with Crippen molar-refractivity contribution in [1.29, 1.82) is 0 Å². The summed E-state index contributed by atoms with van der Waals surface area (Å²) in [7, 11) is 0. The molecular formula is C17H14N4O3. The Morgan fingerprint density at radius 1 is 1.17 bits per heavy atom. The van der Waals surface area contributed by atoms with Crippen molar-refractivity contribution in [3.63, 3.8) is 0 Å². The van der Waals surface area contributed by atoms with Gasteiger partial charge in [-0.3, -0.25) is 19.9 Å². The highest BCUT2D eigenvalue weighted by molar-refractivity contribution is 6.19. The molecule has 7 nitrogen and oxygen atoms in total. The molecule has 4 rings (SSSR count). The van der Waals surface area contributed by atoms with E-state index in [1.165, 1.54) is 18.2 Å². The normalized spacial score (nSPS) is 15.1. The second kappa shape index (κ2) is 5.45. The van der Waals surface area contributed by atoms with E-state index in [1.54, 1.807) is 6.07 Å². The number of guanidine groups is 1. The second-order valence-electron chi connectivity index (χ2n) is 5.64. The molecule has 7 heteroatoms. The van der Waals surface area contributed by atoms with Gasteiger partial charge in [-0.1, -0.05) is 24.3 Å². The van der Waals surface area contributed by atoms with Gasteiger partial charge in [0.25, 0.3) is 5.69 Å². The van der Waals surface area contributed by atoms with Crippen LogP contribution < -0.4 is 9.80 Å². The number of benzene rings is 2. The number of ketones is 1. The molecule has 0 unspecified atom stereocenters. The largest absolute Gasteiger partial charge is 0.308 e. The van der Waals surface area contributed by atoms with Crippen LogP contribution in [0.1, 0.15) is 10.4 Å². The molecule has 2 aromatic carbocycles. The van der Waals surface area contributed by atoms with Gasteiger partial charge < -0.3 is 9.80 Å². The van der Waals surface area contributed by atoms with E-state index in [2.05, 4.69) is 9.89 Å². The molecule has 2 aromatic rings. The first-order valence-corrected chi connectivity index (χ1v) is 7.61. The summed E-state index contributed by atoms with van der Waals surface area (Å²) in [5.74, 6) is 0.597. The highest BCUT2D eigenvalue weighted by Crippen LogP contribution is 2.38. The van der Waals surface area contributed by atoms with E-state index in [0.29, 0.717) is 12.1 Å². The van der Waals surface area contributed by atoms with Crippen LogP contribution in [0, 0.1) is 10.1 Å². The van der Waals surface area contributed by atoms with Crippen molar-refractivity contribution in [2.75, 3.05) is 29.4 Å². The number of aliphatic imine (C=N–C) groups is 1. The third-order valence-corrected chi connectivity index (χ3v) is 4.20. The van der Waals surface area contributed by atoms with Crippen LogP contribution in [-0.2, 0) is 0 Å². The van der Waals surface area contributed by atoms with E-state index in [4.69, 9.17) is 0 Å². The summed E-state index contributed by atoms with van der Waals surface area (Å²) in [6.07, 6.45) is 0. The van der Waals surface area contributed by atoms with Crippen molar-refractivity contribution in [3.8, 4) is 0 Å². The fourth-order valence-electron chi connectivity index (χ4n) is 3.11. The predicted octanol–water partition coefficient (Wildman–Crippen LogP) is 2.47. The fraction of sp³-hybridized carbons (Fsp3) is 0.176. The summed E-state index contributed by atoms with van der Waals surface area (Å²) >= 11 is 0. The summed E-state index contributed by atoms with van der Waals surface area (Å²) in [6, 6.07) is 13.7. The Labute approximate surface area is 138 Å². The summed E-state index contributed by atoms with van der Waals surface area (Å²) in [5.41, 5.74) is 2.23. The third-order valence-electron chi connectivity index (χ3n) is 4.20. The number of fused-ring (bicyclic) bond motifs is 3. The zero-order chi connectivity index (χ0) is 16.7. The Morgan fingerprint density at radius 3 is 2.75 bits per heavy atom. The smallest absolute Gasteiger partial charge is 0.270 e. The van der Waals surface area contributed by atoms with Gasteiger partial charge in [-0.05, 0) is 12.1 Å². The van der Waals surface area contributed by atoms with Gasteiger partial charge in [-0.25, -0.2) is 0 Å². The minimum Gasteiger partial charge on any atom is -0.308 e. The molecule has 0 N–H and O–H groups in total. The molecule has 0 fully saturated rings. The van der Waals surface area contributed by atoms with Crippen LogP contribution in [-0.4, -0.2) is 36.3 Å². The number of hydrogen-bond acceptors (Lipinski definition) is 6. The van der Waals surface area contributed by atoms with Crippen LogP contribution in [0.3, 0.4) is 0 Å². The van der Waals surface area contributed by atoms with E-state index >= 15 is 0 Å². The summed E-state index contributed by atoms with van der Waals surface area (Å²) < 4.78 is 0. The molecule has 0 bridgehead atoms. The monoisotopic (exact) mass is 322 g/mol. The molecular weight excluding hydrogens is 308 g/mol. The van der Waals surface area contributed by atoms with Gasteiger partial charge in [-0.15, -0.1) is 0 Å². The Bertz CT molecular complexity index is 878. The van der Waals surface area contributed by atoms with Crippen LogP contribution >= 0.6 is 0 Å². The first-order chi connectivity index (χ1) is 11.6. The molecule has 0 atom stereocenters. The van der Waals surface area contributed by atoms with Gasteiger partial charge >= 0.3 is 0 Å².